The van der Waals surface area contributed by atoms with E-state index in [9.17, 15) is 9.18 Å². The zero-order valence-corrected chi connectivity index (χ0v) is 11.7. The number of nitrogens with two attached hydrogens (primary N) is 1. The maximum atomic E-state index is 13.5. The molecule has 0 radical (unpaired) electrons. The summed E-state index contributed by atoms with van der Waals surface area (Å²) in [6.07, 6.45) is 6.12. The fourth-order valence-electron chi connectivity index (χ4n) is 1.97. The number of hydrogen-bond donors (Lipinski definition) is 1. The van der Waals surface area contributed by atoms with Crippen LogP contribution in [0, 0.1) is 0 Å². The highest BCUT2D eigenvalue weighted by atomic mass is 35.5. The minimum Gasteiger partial charge on any atom is -0.456 e. The Labute approximate surface area is 122 Å². The summed E-state index contributed by atoms with van der Waals surface area (Å²) >= 11 is 5.49. The molecule has 0 bridgehead atoms. The number of allylic oxidation sites excluding steroid dienone is 2. The summed E-state index contributed by atoms with van der Waals surface area (Å²) in [6.45, 7) is 3.98. The quantitative estimate of drug-likeness (QED) is 0.604. The van der Waals surface area contributed by atoms with Crippen LogP contribution < -0.4 is 5.73 Å². The second-order valence-corrected chi connectivity index (χ2v) is 5.20. The average molecular weight is 299 g/mol. The summed E-state index contributed by atoms with van der Waals surface area (Å²) < 4.78 is 18.4. The molecule has 1 heterocycles. The lowest BCUT2D eigenvalue weighted by molar-refractivity contribution is -0.135. The van der Waals surface area contributed by atoms with Crippen LogP contribution in [0.1, 0.15) is 12.8 Å². The number of carbonyl (C=O) groups is 1. The number of esters is 1. The van der Waals surface area contributed by atoms with E-state index in [-0.39, 0.29) is 17.6 Å². The van der Waals surface area contributed by atoms with Crippen LogP contribution >= 0.6 is 11.6 Å². The first-order chi connectivity index (χ1) is 9.51. The lowest BCUT2D eigenvalue weighted by Crippen LogP contribution is -2.28. The Morgan fingerprint density at radius 1 is 1.65 bits per heavy atom. The number of carbonyl (C=O) groups excluding carboxylic acids is 1. The van der Waals surface area contributed by atoms with Crippen molar-refractivity contribution in [3.8, 4) is 0 Å². The van der Waals surface area contributed by atoms with E-state index < -0.39 is 5.83 Å². The molecule has 2 aliphatic rings. The van der Waals surface area contributed by atoms with Gasteiger partial charge in [-0.15, -0.1) is 0 Å². The van der Waals surface area contributed by atoms with Gasteiger partial charge >= 0.3 is 5.97 Å². The van der Waals surface area contributed by atoms with E-state index in [1.165, 1.54) is 18.4 Å². The molecule has 1 fully saturated rings. The SMILES string of the molecule is C=C(Cl)/C(F)=C\C(=C/N)CN(C1=CC(=O)OC1)C1CC1. The first kappa shape index (κ1) is 14.7. The van der Waals surface area contributed by atoms with Crippen LogP contribution in [0.4, 0.5) is 4.39 Å². The fourth-order valence-corrected chi connectivity index (χ4v) is 2.02. The molecule has 0 spiro atoms. The van der Waals surface area contributed by atoms with Crippen molar-refractivity contribution in [2.45, 2.75) is 18.9 Å². The van der Waals surface area contributed by atoms with Crippen molar-refractivity contribution in [3.05, 3.63) is 47.1 Å². The Hall–Kier alpha value is -1.75. The van der Waals surface area contributed by atoms with Gasteiger partial charge in [0.15, 0.2) is 0 Å². The molecule has 0 unspecified atom stereocenters. The predicted molar refractivity (Wildman–Crippen MR) is 75.2 cm³/mol. The molecule has 6 heteroatoms. The van der Waals surface area contributed by atoms with Gasteiger partial charge in [0.1, 0.15) is 12.4 Å². The second-order valence-electron chi connectivity index (χ2n) is 4.74. The standard InChI is InChI=1S/C14H16ClFN2O2/c1-9(15)13(16)4-10(6-17)7-18(11-2-3-11)12-5-14(19)20-8-12/h4-6,11H,1-3,7-8,17H2/b10-6+,13-4+. The number of nitrogens with zero attached hydrogens (tertiary/aromatic N) is 1. The molecular formula is C14H16ClFN2O2. The van der Waals surface area contributed by atoms with E-state index in [1.807, 2.05) is 4.90 Å². The molecule has 0 aromatic carbocycles. The van der Waals surface area contributed by atoms with Crippen LogP contribution in [-0.2, 0) is 9.53 Å². The van der Waals surface area contributed by atoms with Crippen molar-refractivity contribution >= 4 is 17.6 Å². The van der Waals surface area contributed by atoms with E-state index in [0.717, 1.165) is 18.5 Å². The molecular weight excluding hydrogens is 283 g/mol. The molecule has 1 aliphatic carbocycles. The Morgan fingerprint density at radius 3 is 2.80 bits per heavy atom. The largest absolute Gasteiger partial charge is 0.456 e. The number of rotatable bonds is 6. The van der Waals surface area contributed by atoms with Crippen LogP contribution in [0.15, 0.2) is 47.1 Å². The van der Waals surface area contributed by atoms with Gasteiger partial charge in [-0.2, -0.15) is 0 Å². The van der Waals surface area contributed by atoms with Gasteiger partial charge in [0, 0.05) is 18.7 Å². The Bertz CT molecular complexity index is 521. The van der Waals surface area contributed by atoms with Crippen molar-refractivity contribution in [2.24, 2.45) is 5.73 Å². The molecule has 2 N–H and O–H groups in total. The summed E-state index contributed by atoms with van der Waals surface area (Å²) in [4.78, 5) is 13.2. The molecule has 0 amide bonds. The van der Waals surface area contributed by atoms with Crippen molar-refractivity contribution in [2.75, 3.05) is 13.2 Å². The van der Waals surface area contributed by atoms with E-state index in [4.69, 9.17) is 22.1 Å². The van der Waals surface area contributed by atoms with Crippen LogP contribution in [-0.4, -0.2) is 30.1 Å². The van der Waals surface area contributed by atoms with Gasteiger partial charge in [-0.05, 0) is 30.7 Å². The lowest BCUT2D eigenvalue weighted by Gasteiger charge is -2.25. The minimum atomic E-state index is -0.619. The van der Waals surface area contributed by atoms with Crippen LogP contribution in [0.25, 0.3) is 0 Å². The number of ether oxygens (including phenoxy) is 1. The van der Waals surface area contributed by atoms with Gasteiger partial charge in [-0.3, -0.25) is 0 Å². The maximum absolute atomic E-state index is 13.5. The monoisotopic (exact) mass is 298 g/mol. The molecule has 20 heavy (non-hydrogen) atoms. The average Bonchev–Trinajstić information content (AvgIpc) is 3.16. The molecule has 4 nitrogen and oxygen atoms in total. The normalized spacial score (nSPS) is 19.7. The van der Waals surface area contributed by atoms with Gasteiger partial charge in [-0.25, -0.2) is 9.18 Å². The van der Waals surface area contributed by atoms with Gasteiger partial charge in [0.05, 0.1) is 10.7 Å². The van der Waals surface area contributed by atoms with E-state index in [0.29, 0.717) is 18.2 Å². The topological polar surface area (TPSA) is 55.6 Å². The van der Waals surface area contributed by atoms with Crippen molar-refractivity contribution < 1.29 is 13.9 Å². The third kappa shape index (κ3) is 3.63. The third-order valence-corrected chi connectivity index (χ3v) is 3.32. The summed E-state index contributed by atoms with van der Waals surface area (Å²) in [6, 6.07) is 0.348. The van der Waals surface area contributed by atoms with Crippen molar-refractivity contribution in [1.82, 2.24) is 4.90 Å². The highest BCUT2D eigenvalue weighted by molar-refractivity contribution is 6.31. The molecule has 1 saturated carbocycles. The van der Waals surface area contributed by atoms with Crippen molar-refractivity contribution in [1.29, 1.82) is 0 Å². The van der Waals surface area contributed by atoms with Gasteiger partial charge in [0.2, 0.25) is 0 Å². The molecule has 108 valence electrons. The van der Waals surface area contributed by atoms with E-state index in [1.54, 1.807) is 0 Å². The zero-order valence-electron chi connectivity index (χ0n) is 10.9. The number of cyclic esters (lactones) is 1. The van der Waals surface area contributed by atoms with Crippen molar-refractivity contribution in [3.63, 3.8) is 0 Å². The number of halogens is 2. The Kier molecular flexibility index (Phi) is 4.49. The smallest absolute Gasteiger partial charge is 0.333 e. The number of hydrogen-bond acceptors (Lipinski definition) is 4. The Balaban J connectivity index is 2.11. The van der Waals surface area contributed by atoms with Crippen LogP contribution in [0.3, 0.4) is 0 Å². The minimum absolute atomic E-state index is 0.166. The summed E-state index contributed by atoms with van der Waals surface area (Å²) in [5.74, 6) is -0.966. The van der Waals surface area contributed by atoms with Crippen LogP contribution in [0.5, 0.6) is 0 Å². The zero-order chi connectivity index (χ0) is 14.7. The predicted octanol–water partition coefficient (Wildman–Crippen LogP) is 2.34. The molecule has 0 aromatic heterocycles. The molecule has 0 saturated heterocycles. The summed E-state index contributed by atoms with van der Waals surface area (Å²) in [7, 11) is 0. The molecule has 2 rings (SSSR count). The van der Waals surface area contributed by atoms with Gasteiger partial charge in [-0.1, -0.05) is 18.2 Å². The highest BCUT2D eigenvalue weighted by Gasteiger charge is 2.33. The molecule has 1 aliphatic heterocycles. The third-order valence-electron chi connectivity index (χ3n) is 3.14. The fraction of sp³-hybridized carbons (Fsp3) is 0.357. The highest BCUT2D eigenvalue weighted by Crippen LogP contribution is 2.32. The maximum Gasteiger partial charge on any atom is 0.333 e. The Morgan fingerprint density at radius 2 is 2.35 bits per heavy atom. The van der Waals surface area contributed by atoms with E-state index >= 15 is 0 Å². The first-order valence-electron chi connectivity index (χ1n) is 6.28. The second kappa shape index (κ2) is 6.13. The van der Waals surface area contributed by atoms with E-state index in [2.05, 4.69) is 6.58 Å². The lowest BCUT2D eigenvalue weighted by atomic mass is 10.2. The first-order valence-corrected chi connectivity index (χ1v) is 6.65. The molecule has 0 atom stereocenters. The van der Waals surface area contributed by atoms with Gasteiger partial charge in [0.25, 0.3) is 0 Å². The summed E-state index contributed by atoms with van der Waals surface area (Å²) in [5.41, 5.74) is 6.89. The molecule has 0 aromatic rings. The van der Waals surface area contributed by atoms with Gasteiger partial charge < -0.3 is 15.4 Å². The van der Waals surface area contributed by atoms with Crippen LogP contribution in [0.2, 0.25) is 0 Å². The summed E-state index contributed by atoms with van der Waals surface area (Å²) in [5, 5.41) is -0.166.